The molecule has 2 saturated heterocycles. The van der Waals surface area contributed by atoms with E-state index in [9.17, 15) is 0 Å². The van der Waals surface area contributed by atoms with Gasteiger partial charge in [-0.25, -0.2) is 4.98 Å². The van der Waals surface area contributed by atoms with Crippen molar-refractivity contribution in [2.45, 2.75) is 52.2 Å². The van der Waals surface area contributed by atoms with Crippen molar-refractivity contribution in [2.75, 3.05) is 37.6 Å². The Kier molecular flexibility index (Phi) is 5.31. The van der Waals surface area contributed by atoms with Crippen LogP contribution in [0.2, 0.25) is 0 Å². The number of rotatable bonds is 4. The first-order valence-electron chi connectivity index (χ1n) is 8.53. The topological polar surface area (TPSA) is 41.5 Å². The summed E-state index contributed by atoms with van der Waals surface area (Å²) in [6.07, 6.45) is 4.65. The predicted octanol–water partition coefficient (Wildman–Crippen LogP) is 2.56. The largest absolute Gasteiger partial charge is 0.373 e. The molecule has 1 aromatic heterocycles. The second kappa shape index (κ2) is 7.23. The van der Waals surface area contributed by atoms with Crippen LogP contribution in [-0.4, -0.2) is 59.2 Å². The molecule has 124 valence electrons. The Balaban J connectivity index is 1.40. The van der Waals surface area contributed by atoms with Crippen molar-refractivity contribution in [3.05, 3.63) is 5.82 Å². The molecule has 3 heterocycles. The molecule has 2 aliphatic rings. The maximum absolute atomic E-state index is 5.81. The average molecular weight is 324 g/mol. The monoisotopic (exact) mass is 324 g/mol. The molecule has 5 nitrogen and oxygen atoms in total. The fourth-order valence-electron chi connectivity index (χ4n) is 3.66. The van der Waals surface area contributed by atoms with E-state index in [1.165, 1.54) is 37.3 Å². The number of nitrogens with zero attached hydrogens (tertiary/aromatic N) is 4. The lowest BCUT2D eigenvalue weighted by Gasteiger charge is -2.37. The number of hydrogen-bond donors (Lipinski definition) is 0. The van der Waals surface area contributed by atoms with Gasteiger partial charge in [-0.1, -0.05) is 0 Å². The molecule has 0 unspecified atom stereocenters. The molecule has 0 aliphatic carbocycles. The highest BCUT2D eigenvalue weighted by molar-refractivity contribution is 7.09. The first-order valence-corrected chi connectivity index (χ1v) is 9.30. The lowest BCUT2D eigenvalue weighted by atomic mass is 9.93. The number of aryl methyl sites for hydroxylation is 1. The molecule has 6 heteroatoms. The van der Waals surface area contributed by atoms with Crippen molar-refractivity contribution >= 4 is 16.7 Å². The van der Waals surface area contributed by atoms with Gasteiger partial charge in [-0.3, -0.25) is 4.90 Å². The first kappa shape index (κ1) is 16.1. The van der Waals surface area contributed by atoms with E-state index < -0.39 is 0 Å². The summed E-state index contributed by atoms with van der Waals surface area (Å²) >= 11 is 1.54. The summed E-state index contributed by atoms with van der Waals surface area (Å²) in [7, 11) is 0. The SMILES string of the molecule is Cc1nsc(N2CCC(CCN3C[C@@H](C)O[C@@H](C)C3)CC2)n1. The third-order valence-electron chi connectivity index (χ3n) is 4.75. The van der Waals surface area contributed by atoms with Gasteiger partial charge in [-0.2, -0.15) is 4.37 Å². The fraction of sp³-hybridized carbons (Fsp3) is 0.875. The summed E-state index contributed by atoms with van der Waals surface area (Å²) in [5.41, 5.74) is 0. The van der Waals surface area contributed by atoms with Gasteiger partial charge in [0, 0.05) is 37.7 Å². The van der Waals surface area contributed by atoms with Gasteiger partial charge in [0.05, 0.1) is 12.2 Å². The molecule has 22 heavy (non-hydrogen) atoms. The lowest BCUT2D eigenvalue weighted by Crippen LogP contribution is -2.46. The summed E-state index contributed by atoms with van der Waals surface area (Å²) < 4.78 is 10.1. The van der Waals surface area contributed by atoms with E-state index >= 15 is 0 Å². The summed E-state index contributed by atoms with van der Waals surface area (Å²) in [5.74, 6) is 1.76. The molecule has 2 aliphatic heterocycles. The predicted molar refractivity (Wildman–Crippen MR) is 90.6 cm³/mol. The van der Waals surface area contributed by atoms with Gasteiger partial charge in [0.1, 0.15) is 5.82 Å². The van der Waals surface area contributed by atoms with E-state index in [1.54, 1.807) is 0 Å². The molecule has 0 saturated carbocycles. The number of aromatic nitrogens is 2. The van der Waals surface area contributed by atoms with Crippen LogP contribution in [0.4, 0.5) is 5.13 Å². The zero-order chi connectivity index (χ0) is 15.5. The minimum atomic E-state index is 0.381. The zero-order valence-electron chi connectivity index (χ0n) is 14.0. The van der Waals surface area contributed by atoms with Crippen LogP contribution in [0.25, 0.3) is 0 Å². The second-order valence-corrected chi connectivity index (χ2v) is 7.59. The van der Waals surface area contributed by atoms with Crippen LogP contribution < -0.4 is 4.90 Å². The fourth-order valence-corrected chi connectivity index (χ4v) is 4.39. The molecule has 1 aromatic rings. The molecule has 0 spiro atoms. The molecule has 0 radical (unpaired) electrons. The molecule has 0 aromatic carbocycles. The molecule has 2 fully saturated rings. The van der Waals surface area contributed by atoms with E-state index in [4.69, 9.17) is 4.74 Å². The Bertz CT molecular complexity index is 462. The van der Waals surface area contributed by atoms with Crippen LogP contribution >= 0.6 is 11.5 Å². The van der Waals surface area contributed by atoms with Crippen LogP contribution in [0.5, 0.6) is 0 Å². The van der Waals surface area contributed by atoms with Crippen molar-refractivity contribution in [3.8, 4) is 0 Å². The molecule has 2 atom stereocenters. The third kappa shape index (κ3) is 4.18. The van der Waals surface area contributed by atoms with Crippen LogP contribution in [0.3, 0.4) is 0 Å². The number of anilines is 1. The first-order chi connectivity index (χ1) is 10.6. The Morgan fingerprint density at radius 2 is 1.86 bits per heavy atom. The van der Waals surface area contributed by atoms with Crippen LogP contribution in [0.1, 0.15) is 38.9 Å². The molecular weight excluding hydrogens is 296 g/mol. The Hall–Kier alpha value is -0.720. The van der Waals surface area contributed by atoms with Crippen molar-refractivity contribution in [1.29, 1.82) is 0 Å². The van der Waals surface area contributed by atoms with Crippen molar-refractivity contribution in [3.63, 3.8) is 0 Å². The highest BCUT2D eigenvalue weighted by Gasteiger charge is 2.25. The number of piperidine rings is 1. The molecular formula is C16H28N4OS. The molecule has 0 N–H and O–H groups in total. The summed E-state index contributed by atoms with van der Waals surface area (Å²) in [4.78, 5) is 9.49. The standard InChI is InChI=1S/C16H28N4OS/c1-12-10-19(11-13(2)21-12)7-4-15-5-8-20(9-6-15)16-17-14(3)18-22-16/h12-13,15H,4-11H2,1-3H3/t12-,13+. The van der Waals surface area contributed by atoms with Crippen molar-refractivity contribution < 1.29 is 4.74 Å². The minimum Gasteiger partial charge on any atom is -0.373 e. The summed E-state index contributed by atoms with van der Waals surface area (Å²) in [5, 5.41) is 1.10. The minimum absolute atomic E-state index is 0.381. The van der Waals surface area contributed by atoms with Crippen molar-refractivity contribution in [1.82, 2.24) is 14.3 Å². The summed E-state index contributed by atoms with van der Waals surface area (Å²) in [6.45, 7) is 12.0. The average Bonchev–Trinajstić information content (AvgIpc) is 2.91. The van der Waals surface area contributed by atoms with E-state index in [0.717, 1.165) is 43.1 Å². The maximum Gasteiger partial charge on any atom is 0.205 e. The normalized spacial score (nSPS) is 28.2. The van der Waals surface area contributed by atoms with Crippen LogP contribution in [-0.2, 0) is 4.74 Å². The Labute approximate surface area is 137 Å². The van der Waals surface area contributed by atoms with E-state index in [-0.39, 0.29) is 0 Å². The van der Waals surface area contributed by atoms with Gasteiger partial charge in [0.2, 0.25) is 5.13 Å². The maximum atomic E-state index is 5.81. The molecule has 0 bridgehead atoms. The van der Waals surface area contributed by atoms with Gasteiger partial charge in [-0.05, 0) is 52.5 Å². The van der Waals surface area contributed by atoms with E-state index in [2.05, 4.69) is 33.0 Å². The molecule has 3 rings (SSSR count). The second-order valence-electron chi connectivity index (χ2n) is 6.86. The molecule has 0 amide bonds. The van der Waals surface area contributed by atoms with Gasteiger partial charge in [0.25, 0.3) is 0 Å². The highest BCUT2D eigenvalue weighted by atomic mass is 32.1. The van der Waals surface area contributed by atoms with Gasteiger partial charge < -0.3 is 9.64 Å². The lowest BCUT2D eigenvalue weighted by molar-refractivity contribution is -0.0690. The van der Waals surface area contributed by atoms with Crippen LogP contribution in [0.15, 0.2) is 0 Å². The van der Waals surface area contributed by atoms with Crippen LogP contribution in [0, 0.1) is 12.8 Å². The van der Waals surface area contributed by atoms with Gasteiger partial charge >= 0.3 is 0 Å². The highest BCUT2D eigenvalue weighted by Crippen LogP contribution is 2.26. The van der Waals surface area contributed by atoms with Gasteiger partial charge in [-0.15, -0.1) is 0 Å². The Morgan fingerprint density at radius 1 is 1.18 bits per heavy atom. The Morgan fingerprint density at radius 3 is 2.45 bits per heavy atom. The summed E-state index contributed by atoms with van der Waals surface area (Å²) in [6, 6.07) is 0. The van der Waals surface area contributed by atoms with Gasteiger partial charge in [0.15, 0.2) is 0 Å². The van der Waals surface area contributed by atoms with E-state index in [0.29, 0.717) is 12.2 Å². The van der Waals surface area contributed by atoms with E-state index in [1.807, 2.05) is 6.92 Å². The number of ether oxygens (including phenoxy) is 1. The quantitative estimate of drug-likeness (QED) is 0.851. The smallest absolute Gasteiger partial charge is 0.205 e. The zero-order valence-corrected chi connectivity index (χ0v) is 14.8. The number of morpholine rings is 1. The number of hydrogen-bond acceptors (Lipinski definition) is 6. The van der Waals surface area contributed by atoms with Crippen molar-refractivity contribution in [2.24, 2.45) is 5.92 Å². The third-order valence-corrected chi connectivity index (χ3v) is 5.62.